The summed E-state index contributed by atoms with van der Waals surface area (Å²) in [5, 5.41) is 8.37. The summed E-state index contributed by atoms with van der Waals surface area (Å²) in [4.78, 5) is 10.2. The average molecular weight is 153 g/mol. The van der Waals surface area contributed by atoms with Gasteiger partial charge in [0.15, 0.2) is 0 Å². The van der Waals surface area contributed by atoms with Crippen molar-refractivity contribution in [1.82, 2.24) is 0 Å². The summed E-state index contributed by atoms with van der Waals surface area (Å²) in [6.45, 7) is 0. The molecule has 3 heteroatoms. The Morgan fingerprint density at radius 3 is 2.82 bits per heavy atom. The highest BCUT2D eigenvalue weighted by Gasteiger charge is 2.18. The van der Waals surface area contributed by atoms with Gasteiger partial charge in [-0.2, -0.15) is 0 Å². The molecule has 0 radical (unpaired) electrons. The zero-order chi connectivity index (χ0) is 8.27. The van der Waals surface area contributed by atoms with Gasteiger partial charge in [-0.15, -0.1) is 5.92 Å². The summed E-state index contributed by atoms with van der Waals surface area (Å²) < 4.78 is 0. The van der Waals surface area contributed by atoms with Gasteiger partial charge < -0.3 is 10.8 Å². The van der Waals surface area contributed by atoms with E-state index in [1.807, 2.05) is 0 Å². The minimum absolute atomic E-state index is 0.270. The molecule has 0 amide bonds. The number of nitrogens with two attached hydrogens (primary N) is 1. The second-order valence-corrected chi connectivity index (χ2v) is 2.74. The summed E-state index contributed by atoms with van der Waals surface area (Å²) in [6, 6.07) is -0.818. The summed E-state index contributed by atoms with van der Waals surface area (Å²) in [5.74, 6) is 5.27. The van der Waals surface area contributed by atoms with Gasteiger partial charge in [-0.25, -0.2) is 0 Å². The molecule has 0 unspecified atom stereocenters. The molecule has 1 rings (SSSR count). The zero-order valence-corrected chi connectivity index (χ0v) is 6.21. The number of hydrogen-bond donors (Lipinski definition) is 2. The molecule has 3 nitrogen and oxygen atoms in total. The van der Waals surface area contributed by atoms with Crippen LogP contribution in [0.5, 0.6) is 0 Å². The molecule has 0 saturated heterocycles. The van der Waals surface area contributed by atoms with E-state index in [1.54, 1.807) is 0 Å². The second-order valence-electron chi connectivity index (χ2n) is 2.74. The first kappa shape index (κ1) is 8.09. The van der Waals surface area contributed by atoms with Gasteiger partial charge in [0.05, 0.1) is 0 Å². The molecule has 1 aliphatic rings. The van der Waals surface area contributed by atoms with Crippen molar-refractivity contribution in [1.29, 1.82) is 0 Å². The van der Waals surface area contributed by atoms with Crippen LogP contribution in [0, 0.1) is 17.8 Å². The molecule has 11 heavy (non-hydrogen) atoms. The fourth-order valence-electron chi connectivity index (χ4n) is 0.628. The van der Waals surface area contributed by atoms with E-state index in [4.69, 9.17) is 10.8 Å². The molecule has 0 heterocycles. The predicted molar refractivity (Wildman–Crippen MR) is 40.7 cm³/mol. The van der Waals surface area contributed by atoms with E-state index in [-0.39, 0.29) is 6.42 Å². The highest BCUT2D eigenvalue weighted by Crippen LogP contribution is 2.27. The minimum atomic E-state index is -0.977. The maximum absolute atomic E-state index is 10.2. The Morgan fingerprint density at radius 2 is 2.36 bits per heavy atom. The Bertz CT molecular complexity index is 210. The fraction of sp³-hybridized carbons (Fsp3) is 0.625. The van der Waals surface area contributed by atoms with E-state index < -0.39 is 12.0 Å². The lowest BCUT2D eigenvalue weighted by Crippen LogP contribution is -2.29. The second kappa shape index (κ2) is 3.40. The maximum Gasteiger partial charge on any atom is 0.321 e. The van der Waals surface area contributed by atoms with Crippen molar-refractivity contribution < 1.29 is 9.90 Å². The Morgan fingerprint density at radius 1 is 1.73 bits per heavy atom. The lowest BCUT2D eigenvalue weighted by atomic mass is 10.2. The lowest BCUT2D eigenvalue weighted by Gasteiger charge is -1.97. The van der Waals surface area contributed by atoms with E-state index in [1.165, 1.54) is 0 Å². The van der Waals surface area contributed by atoms with E-state index in [0.717, 1.165) is 12.8 Å². The van der Waals surface area contributed by atoms with Crippen LogP contribution in [0.2, 0.25) is 0 Å². The summed E-state index contributed by atoms with van der Waals surface area (Å²) >= 11 is 0. The SMILES string of the molecule is N[C@H](CC#CC1CC1)C(=O)O. The van der Waals surface area contributed by atoms with Crippen molar-refractivity contribution in [2.75, 3.05) is 0 Å². The number of carbonyl (C=O) groups is 1. The Hall–Kier alpha value is -1.01. The maximum atomic E-state index is 10.2. The van der Waals surface area contributed by atoms with Gasteiger partial charge in [0.1, 0.15) is 6.04 Å². The molecule has 1 aliphatic carbocycles. The van der Waals surface area contributed by atoms with Gasteiger partial charge in [-0.1, -0.05) is 5.92 Å². The van der Waals surface area contributed by atoms with Crippen LogP contribution in [0.4, 0.5) is 0 Å². The molecule has 0 aromatic rings. The van der Waals surface area contributed by atoms with Crippen molar-refractivity contribution in [2.24, 2.45) is 11.7 Å². The van der Waals surface area contributed by atoms with Gasteiger partial charge in [0.2, 0.25) is 0 Å². The number of hydrogen-bond acceptors (Lipinski definition) is 2. The largest absolute Gasteiger partial charge is 0.480 e. The van der Waals surface area contributed by atoms with E-state index in [2.05, 4.69) is 11.8 Å². The normalized spacial score (nSPS) is 18.3. The summed E-state index contributed by atoms with van der Waals surface area (Å²) in [7, 11) is 0. The first-order valence-electron chi connectivity index (χ1n) is 3.67. The smallest absolute Gasteiger partial charge is 0.321 e. The molecule has 1 fully saturated rings. The first-order chi connectivity index (χ1) is 5.20. The van der Waals surface area contributed by atoms with Crippen LogP contribution in [-0.2, 0) is 4.79 Å². The van der Waals surface area contributed by atoms with E-state index in [0.29, 0.717) is 5.92 Å². The van der Waals surface area contributed by atoms with Crippen LogP contribution in [0.25, 0.3) is 0 Å². The highest BCUT2D eigenvalue weighted by atomic mass is 16.4. The molecule has 60 valence electrons. The summed E-state index contributed by atoms with van der Waals surface area (Å²) in [5.41, 5.74) is 5.22. The molecule has 0 spiro atoms. The van der Waals surface area contributed by atoms with Crippen molar-refractivity contribution in [2.45, 2.75) is 25.3 Å². The monoisotopic (exact) mass is 153 g/mol. The number of aliphatic carboxylic acids is 1. The Kier molecular flexibility index (Phi) is 2.50. The summed E-state index contributed by atoms with van der Waals surface area (Å²) in [6.07, 6.45) is 2.59. The molecule has 3 N–H and O–H groups in total. The standard InChI is InChI=1S/C8H11NO2/c9-7(8(10)11)3-1-2-6-4-5-6/h6-7H,3-5,9H2,(H,10,11)/t7-/m1/s1. The molecule has 0 aromatic carbocycles. The first-order valence-corrected chi connectivity index (χ1v) is 3.67. The van der Waals surface area contributed by atoms with Crippen LogP contribution in [0.15, 0.2) is 0 Å². The highest BCUT2D eigenvalue weighted by molar-refractivity contribution is 5.73. The third-order valence-electron chi connectivity index (χ3n) is 1.52. The van der Waals surface area contributed by atoms with Gasteiger partial charge in [-0.3, -0.25) is 4.79 Å². The van der Waals surface area contributed by atoms with Crippen molar-refractivity contribution in [3.63, 3.8) is 0 Å². The minimum Gasteiger partial charge on any atom is -0.480 e. The number of carboxylic acids is 1. The van der Waals surface area contributed by atoms with Gasteiger partial charge >= 0.3 is 5.97 Å². The number of rotatable bonds is 2. The van der Waals surface area contributed by atoms with E-state index >= 15 is 0 Å². The third kappa shape index (κ3) is 3.06. The third-order valence-corrected chi connectivity index (χ3v) is 1.52. The molecule has 0 bridgehead atoms. The van der Waals surface area contributed by atoms with Crippen LogP contribution < -0.4 is 5.73 Å². The fourth-order valence-corrected chi connectivity index (χ4v) is 0.628. The van der Waals surface area contributed by atoms with Crippen LogP contribution in [0.3, 0.4) is 0 Å². The zero-order valence-electron chi connectivity index (χ0n) is 6.21. The van der Waals surface area contributed by atoms with Crippen molar-refractivity contribution in [3.8, 4) is 11.8 Å². The van der Waals surface area contributed by atoms with Gasteiger partial charge in [0.25, 0.3) is 0 Å². The predicted octanol–water partition coefficient (Wildman–Crippen LogP) is 0.202. The van der Waals surface area contributed by atoms with Crippen molar-refractivity contribution in [3.05, 3.63) is 0 Å². The van der Waals surface area contributed by atoms with Crippen LogP contribution in [0.1, 0.15) is 19.3 Å². The molecular formula is C8H11NO2. The molecule has 1 saturated carbocycles. The van der Waals surface area contributed by atoms with Crippen molar-refractivity contribution >= 4 is 5.97 Å². The molecule has 1 atom stereocenters. The Labute approximate surface area is 65.6 Å². The quantitative estimate of drug-likeness (QED) is 0.557. The lowest BCUT2D eigenvalue weighted by molar-refractivity contribution is -0.138. The molecular weight excluding hydrogens is 142 g/mol. The average Bonchev–Trinajstić information content (AvgIpc) is 2.71. The number of carboxylic acid groups (broad SMARTS) is 1. The molecule has 0 aliphatic heterocycles. The van der Waals surface area contributed by atoms with E-state index in [9.17, 15) is 4.79 Å². The van der Waals surface area contributed by atoms with Gasteiger partial charge in [0, 0.05) is 12.3 Å². The van der Waals surface area contributed by atoms with Gasteiger partial charge in [-0.05, 0) is 12.8 Å². The van der Waals surface area contributed by atoms with Crippen LogP contribution in [-0.4, -0.2) is 17.1 Å². The van der Waals surface area contributed by atoms with Crippen LogP contribution >= 0.6 is 0 Å². The topological polar surface area (TPSA) is 63.3 Å². The molecule has 0 aromatic heterocycles. The Balaban J connectivity index is 2.20.